The van der Waals surface area contributed by atoms with Crippen LogP contribution in [0.1, 0.15) is 21.6 Å². The number of fused-ring (bicyclic) bond motifs is 2. The number of hydrogen-bond donors (Lipinski definition) is 1. The van der Waals surface area contributed by atoms with E-state index in [1.165, 1.54) is 11.1 Å². The summed E-state index contributed by atoms with van der Waals surface area (Å²) in [4.78, 5) is 16.2. The monoisotopic (exact) mass is 214 g/mol. The molecular formula is C13H14N2O. The fourth-order valence-corrected chi connectivity index (χ4v) is 2.42. The average molecular weight is 214 g/mol. The lowest BCUT2D eigenvalue weighted by Gasteiger charge is -2.24. The highest BCUT2D eigenvalue weighted by atomic mass is 16.1. The van der Waals surface area contributed by atoms with E-state index < -0.39 is 0 Å². The molecule has 1 aromatic heterocycles. The molecule has 0 aliphatic carbocycles. The maximum absolute atomic E-state index is 10.7. The molecule has 1 aromatic carbocycles. The number of nitrogens with zero attached hydrogens (tertiary/aromatic N) is 1. The van der Waals surface area contributed by atoms with Crippen LogP contribution in [0.15, 0.2) is 18.2 Å². The third-order valence-corrected chi connectivity index (χ3v) is 3.29. The van der Waals surface area contributed by atoms with E-state index in [2.05, 4.69) is 29.1 Å². The second-order valence-corrected chi connectivity index (χ2v) is 4.54. The lowest BCUT2D eigenvalue weighted by Crippen LogP contribution is -2.26. The molecule has 1 aliphatic heterocycles. The maximum Gasteiger partial charge on any atom is 0.166 e. The zero-order valence-electron chi connectivity index (χ0n) is 9.29. The smallest absolute Gasteiger partial charge is 0.166 e. The zero-order chi connectivity index (χ0) is 11.1. The van der Waals surface area contributed by atoms with E-state index in [9.17, 15) is 4.79 Å². The molecule has 3 heteroatoms. The van der Waals surface area contributed by atoms with E-state index in [4.69, 9.17) is 0 Å². The number of rotatable bonds is 1. The topological polar surface area (TPSA) is 36.1 Å². The van der Waals surface area contributed by atoms with E-state index >= 15 is 0 Å². The van der Waals surface area contributed by atoms with Crippen molar-refractivity contribution >= 4 is 17.2 Å². The molecule has 0 saturated heterocycles. The third-order valence-electron chi connectivity index (χ3n) is 3.29. The van der Waals surface area contributed by atoms with Crippen LogP contribution in [0.25, 0.3) is 10.9 Å². The van der Waals surface area contributed by atoms with Gasteiger partial charge >= 0.3 is 0 Å². The van der Waals surface area contributed by atoms with Gasteiger partial charge in [0.05, 0.1) is 5.69 Å². The van der Waals surface area contributed by atoms with Crippen LogP contribution in [0.2, 0.25) is 0 Å². The fraction of sp³-hybridized carbons (Fsp3) is 0.308. The minimum Gasteiger partial charge on any atom is -0.352 e. The summed E-state index contributed by atoms with van der Waals surface area (Å²) in [5.41, 5.74) is 4.52. The summed E-state index contributed by atoms with van der Waals surface area (Å²) in [7, 11) is 2.14. The van der Waals surface area contributed by atoms with Crippen LogP contribution in [0.5, 0.6) is 0 Å². The predicted molar refractivity (Wildman–Crippen MR) is 63.7 cm³/mol. The Balaban J connectivity index is 2.17. The molecular weight excluding hydrogens is 200 g/mol. The van der Waals surface area contributed by atoms with Crippen LogP contribution in [0.4, 0.5) is 0 Å². The Kier molecular flexibility index (Phi) is 2.07. The first-order valence-corrected chi connectivity index (χ1v) is 5.54. The number of likely N-dealkylation sites (N-methyl/N-ethyl adjacent to an activating group) is 1. The van der Waals surface area contributed by atoms with Crippen molar-refractivity contribution in [2.75, 3.05) is 13.6 Å². The van der Waals surface area contributed by atoms with Gasteiger partial charge in [-0.05, 0) is 42.8 Å². The van der Waals surface area contributed by atoms with Gasteiger partial charge in [0.25, 0.3) is 0 Å². The standard InChI is InChI=1S/C13H14N2O/c1-15-3-2-9-4-10-5-12(8-16)14-13(10)6-11(9)7-15/h4-6,8,14H,2-3,7H2,1H3. The summed E-state index contributed by atoms with van der Waals surface area (Å²) in [6.45, 7) is 2.12. The highest BCUT2D eigenvalue weighted by molar-refractivity contribution is 5.88. The molecule has 0 fully saturated rings. The Morgan fingerprint density at radius 3 is 3.00 bits per heavy atom. The molecule has 0 saturated carbocycles. The van der Waals surface area contributed by atoms with Gasteiger partial charge in [0.15, 0.2) is 6.29 Å². The van der Waals surface area contributed by atoms with Gasteiger partial charge in [0.2, 0.25) is 0 Å². The number of aldehydes is 1. The second kappa shape index (κ2) is 3.46. The summed E-state index contributed by atoms with van der Waals surface area (Å²) in [5, 5.41) is 1.14. The van der Waals surface area contributed by atoms with Crippen molar-refractivity contribution in [3.63, 3.8) is 0 Å². The SMILES string of the molecule is CN1CCc2cc3cc(C=O)[nH]c3cc2C1. The number of carbonyl (C=O) groups excluding carboxylic acids is 1. The number of nitrogens with one attached hydrogen (secondary N) is 1. The van der Waals surface area contributed by atoms with Gasteiger partial charge in [-0.25, -0.2) is 0 Å². The van der Waals surface area contributed by atoms with Crippen molar-refractivity contribution in [3.05, 3.63) is 35.0 Å². The lowest BCUT2D eigenvalue weighted by atomic mass is 9.98. The predicted octanol–water partition coefficient (Wildman–Crippen LogP) is 1.97. The molecule has 0 radical (unpaired) electrons. The first-order valence-electron chi connectivity index (χ1n) is 5.54. The maximum atomic E-state index is 10.7. The minimum atomic E-state index is 0.658. The Hall–Kier alpha value is -1.61. The Morgan fingerprint density at radius 2 is 2.19 bits per heavy atom. The van der Waals surface area contributed by atoms with Gasteiger partial charge in [-0.3, -0.25) is 4.79 Å². The number of benzene rings is 1. The molecule has 2 heterocycles. The van der Waals surface area contributed by atoms with Crippen LogP contribution < -0.4 is 0 Å². The largest absolute Gasteiger partial charge is 0.352 e. The van der Waals surface area contributed by atoms with E-state index in [1.54, 1.807) is 0 Å². The first kappa shape index (κ1) is 9.60. The van der Waals surface area contributed by atoms with Crippen molar-refractivity contribution in [3.8, 4) is 0 Å². The normalized spacial score (nSPS) is 16.3. The molecule has 3 rings (SSSR count). The number of hydrogen-bond acceptors (Lipinski definition) is 2. The molecule has 0 amide bonds. The molecule has 82 valence electrons. The van der Waals surface area contributed by atoms with Gasteiger partial charge in [-0.2, -0.15) is 0 Å². The summed E-state index contributed by atoms with van der Waals surface area (Å²) in [6, 6.07) is 6.30. The van der Waals surface area contributed by atoms with E-state index in [1.807, 2.05) is 6.07 Å². The Labute approximate surface area is 94.1 Å². The molecule has 0 unspecified atom stereocenters. The third kappa shape index (κ3) is 1.44. The minimum absolute atomic E-state index is 0.658. The van der Waals surface area contributed by atoms with Gasteiger partial charge < -0.3 is 9.88 Å². The molecule has 1 aliphatic rings. The summed E-state index contributed by atoms with van der Waals surface area (Å²) in [5.74, 6) is 0. The van der Waals surface area contributed by atoms with Crippen LogP contribution in [-0.4, -0.2) is 29.8 Å². The van der Waals surface area contributed by atoms with Crippen molar-refractivity contribution in [1.82, 2.24) is 9.88 Å². The summed E-state index contributed by atoms with van der Waals surface area (Å²) in [6.07, 6.45) is 1.97. The van der Waals surface area contributed by atoms with Crippen molar-refractivity contribution in [2.24, 2.45) is 0 Å². The highest BCUT2D eigenvalue weighted by Gasteiger charge is 2.14. The van der Waals surface area contributed by atoms with Crippen molar-refractivity contribution < 1.29 is 4.79 Å². The Bertz CT molecular complexity index is 556. The van der Waals surface area contributed by atoms with E-state index in [0.717, 1.165) is 36.7 Å². The van der Waals surface area contributed by atoms with E-state index in [-0.39, 0.29) is 0 Å². The molecule has 1 N–H and O–H groups in total. The van der Waals surface area contributed by atoms with Crippen LogP contribution in [0.3, 0.4) is 0 Å². The molecule has 0 atom stereocenters. The van der Waals surface area contributed by atoms with E-state index in [0.29, 0.717) is 5.69 Å². The number of carbonyl (C=O) groups is 1. The molecule has 2 aromatic rings. The Morgan fingerprint density at radius 1 is 1.31 bits per heavy atom. The first-order chi connectivity index (χ1) is 7.76. The summed E-state index contributed by atoms with van der Waals surface area (Å²) >= 11 is 0. The number of H-pyrrole nitrogens is 1. The molecule has 16 heavy (non-hydrogen) atoms. The van der Waals surface area contributed by atoms with Crippen molar-refractivity contribution in [1.29, 1.82) is 0 Å². The molecule has 3 nitrogen and oxygen atoms in total. The highest BCUT2D eigenvalue weighted by Crippen LogP contribution is 2.24. The molecule has 0 bridgehead atoms. The van der Waals surface area contributed by atoms with Gasteiger partial charge in [-0.1, -0.05) is 0 Å². The number of aromatic amines is 1. The number of aromatic nitrogens is 1. The quantitative estimate of drug-likeness (QED) is 0.737. The second-order valence-electron chi connectivity index (χ2n) is 4.54. The van der Waals surface area contributed by atoms with Crippen LogP contribution in [-0.2, 0) is 13.0 Å². The average Bonchev–Trinajstić information content (AvgIpc) is 2.67. The zero-order valence-corrected chi connectivity index (χ0v) is 9.29. The van der Waals surface area contributed by atoms with Crippen LogP contribution in [0, 0.1) is 0 Å². The van der Waals surface area contributed by atoms with Gasteiger partial charge in [0.1, 0.15) is 0 Å². The van der Waals surface area contributed by atoms with Gasteiger partial charge in [0, 0.05) is 24.0 Å². The van der Waals surface area contributed by atoms with Crippen molar-refractivity contribution in [2.45, 2.75) is 13.0 Å². The fourth-order valence-electron chi connectivity index (χ4n) is 2.42. The van der Waals surface area contributed by atoms with Crippen LogP contribution >= 0.6 is 0 Å². The molecule has 0 spiro atoms. The summed E-state index contributed by atoms with van der Waals surface area (Å²) < 4.78 is 0. The van der Waals surface area contributed by atoms with Gasteiger partial charge in [-0.15, -0.1) is 0 Å². The lowest BCUT2D eigenvalue weighted by molar-refractivity contribution is 0.112.